The molecular formula is C30H38N2O4. The van der Waals surface area contributed by atoms with Crippen molar-refractivity contribution in [3.8, 4) is 5.75 Å². The van der Waals surface area contributed by atoms with Crippen molar-refractivity contribution in [2.75, 3.05) is 26.7 Å². The van der Waals surface area contributed by atoms with E-state index in [2.05, 4.69) is 41.1 Å². The molecule has 1 aromatic heterocycles. The summed E-state index contributed by atoms with van der Waals surface area (Å²) < 4.78 is 5.36. The minimum atomic E-state index is -0.737. The van der Waals surface area contributed by atoms with Crippen molar-refractivity contribution < 1.29 is 19.7 Å². The maximum absolute atomic E-state index is 11.6. The smallest absolute Gasteiger partial charge is 0.303 e. The standard InChI is InChI=1S/C30H38N2O4/c1-21-5-7-22(8-6-21)4-3-16-32-17-14-23(24(20-32)18-30(34)35)9-12-29(33)26-13-15-31-28-11-10-25(36-2)19-27(26)28/h5-8,10-11,13,15,19,23-24,29,33H,3-4,9,12,14,16-18,20H2,1-2H3,(H,34,35)/t23-,24+,29?/m1/s1. The van der Waals surface area contributed by atoms with Crippen LogP contribution in [0.4, 0.5) is 0 Å². The first-order chi connectivity index (χ1) is 17.4. The van der Waals surface area contributed by atoms with Gasteiger partial charge in [0.2, 0.25) is 0 Å². The largest absolute Gasteiger partial charge is 0.497 e. The third-order valence-corrected chi connectivity index (χ3v) is 7.63. The van der Waals surface area contributed by atoms with Crippen LogP contribution in [0.1, 0.15) is 54.9 Å². The lowest BCUT2D eigenvalue weighted by Crippen LogP contribution is -2.42. The molecule has 0 aliphatic carbocycles. The number of aliphatic carboxylic acids is 1. The van der Waals surface area contributed by atoms with Crippen molar-refractivity contribution in [2.45, 2.75) is 51.6 Å². The molecule has 0 amide bonds. The second kappa shape index (κ2) is 12.3. The van der Waals surface area contributed by atoms with Crippen molar-refractivity contribution in [1.29, 1.82) is 0 Å². The van der Waals surface area contributed by atoms with Gasteiger partial charge in [0.25, 0.3) is 0 Å². The fraction of sp³-hybridized carbons (Fsp3) is 0.467. The average molecular weight is 491 g/mol. The summed E-state index contributed by atoms with van der Waals surface area (Å²) in [6.45, 7) is 4.90. The lowest BCUT2D eigenvalue weighted by atomic mass is 9.79. The molecule has 1 unspecified atom stereocenters. The number of nitrogens with zero attached hydrogens (tertiary/aromatic N) is 2. The Kier molecular flexibility index (Phi) is 8.94. The number of likely N-dealkylation sites (tertiary alicyclic amines) is 1. The van der Waals surface area contributed by atoms with Crippen LogP contribution in [0.15, 0.2) is 54.7 Å². The zero-order valence-electron chi connectivity index (χ0n) is 21.4. The molecule has 1 saturated heterocycles. The van der Waals surface area contributed by atoms with Crippen LogP contribution in [-0.2, 0) is 11.2 Å². The topological polar surface area (TPSA) is 82.9 Å². The molecule has 36 heavy (non-hydrogen) atoms. The van der Waals surface area contributed by atoms with Crippen LogP contribution in [0, 0.1) is 18.8 Å². The number of methoxy groups -OCH3 is 1. The maximum atomic E-state index is 11.6. The molecule has 6 nitrogen and oxygen atoms in total. The number of aliphatic hydroxyl groups excluding tert-OH is 1. The number of carboxylic acids is 1. The van der Waals surface area contributed by atoms with E-state index in [9.17, 15) is 15.0 Å². The van der Waals surface area contributed by atoms with Gasteiger partial charge in [-0.15, -0.1) is 0 Å². The van der Waals surface area contributed by atoms with Gasteiger partial charge in [-0.05, 0) is 99.3 Å². The van der Waals surface area contributed by atoms with Gasteiger partial charge in [-0.2, -0.15) is 0 Å². The van der Waals surface area contributed by atoms with E-state index in [0.717, 1.165) is 67.5 Å². The third kappa shape index (κ3) is 6.83. The van der Waals surface area contributed by atoms with Crippen molar-refractivity contribution in [3.63, 3.8) is 0 Å². The maximum Gasteiger partial charge on any atom is 0.303 e. The molecule has 3 aromatic rings. The molecule has 4 rings (SSSR count). The first-order valence-electron chi connectivity index (χ1n) is 13.0. The van der Waals surface area contributed by atoms with E-state index in [0.29, 0.717) is 12.3 Å². The summed E-state index contributed by atoms with van der Waals surface area (Å²) in [6, 6.07) is 16.3. The van der Waals surface area contributed by atoms with E-state index in [4.69, 9.17) is 4.74 Å². The number of aromatic nitrogens is 1. The normalized spacial score (nSPS) is 19.3. The van der Waals surface area contributed by atoms with Gasteiger partial charge in [0.15, 0.2) is 0 Å². The fourth-order valence-corrected chi connectivity index (χ4v) is 5.55. The SMILES string of the molecule is COc1ccc2nccc(C(O)CC[C@@H]3CCN(CCCc4ccc(C)cc4)C[C@@H]3CC(=O)O)c2c1. The summed E-state index contributed by atoms with van der Waals surface area (Å²) in [4.78, 5) is 18.5. The molecule has 2 N–H and O–H groups in total. The van der Waals surface area contributed by atoms with Crippen LogP contribution in [0.2, 0.25) is 0 Å². The molecule has 192 valence electrons. The Labute approximate surface area is 213 Å². The van der Waals surface area contributed by atoms with Gasteiger partial charge in [0.1, 0.15) is 5.75 Å². The number of carboxylic acid groups (broad SMARTS) is 1. The van der Waals surface area contributed by atoms with Gasteiger partial charge >= 0.3 is 5.97 Å². The highest BCUT2D eigenvalue weighted by Gasteiger charge is 2.31. The van der Waals surface area contributed by atoms with E-state index >= 15 is 0 Å². The Morgan fingerprint density at radius 2 is 1.97 bits per heavy atom. The van der Waals surface area contributed by atoms with Gasteiger partial charge in [0.05, 0.1) is 18.7 Å². The molecule has 0 spiro atoms. The van der Waals surface area contributed by atoms with Crippen LogP contribution < -0.4 is 4.74 Å². The summed E-state index contributed by atoms with van der Waals surface area (Å²) in [7, 11) is 1.63. The molecule has 0 radical (unpaired) electrons. The van der Waals surface area contributed by atoms with E-state index < -0.39 is 12.1 Å². The number of hydrogen-bond acceptors (Lipinski definition) is 5. The van der Waals surface area contributed by atoms with Crippen molar-refractivity contribution in [3.05, 3.63) is 71.4 Å². The zero-order chi connectivity index (χ0) is 25.5. The first kappa shape index (κ1) is 26.1. The highest BCUT2D eigenvalue weighted by atomic mass is 16.5. The van der Waals surface area contributed by atoms with Crippen LogP contribution in [-0.4, -0.2) is 52.8 Å². The number of piperidine rings is 1. The van der Waals surface area contributed by atoms with Gasteiger partial charge in [0, 0.05) is 24.5 Å². The van der Waals surface area contributed by atoms with Gasteiger partial charge < -0.3 is 19.8 Å². The Hall–Kier alpha value is -2.96. The number of ether oxygens (including phenoxy) is 1. The zero-order valence-corrected chi connectivity index (χ0v) is 21.4. The average Bonchev–Trinajstić information content (AvgIpc) is 2.88. The first-order valence-corrected chi connectivity index (χ1v) is 13.0. The van der Waals surface area contributed by atoms with E-state index in [1.807, 2.05) is 24.3 Å². The Morgan fingerprint density at radius 1 is 1.17 bits per heavy atom. The van der Waals surface area contributed by atoms with Crippen LogP contribution >= 0.6 is 0 Å². The Bertz CT molecular complexity index is 1150. The van der Waals surface area contributed by atoms with Crippen LogP contribution in [0.3, 0.4) is 0 Å². The summed E-state index contributed by atoms with van der Waals surface area (Å²) >= 11 is 0. The molecule has 1 fully saturated rings. The quantitative estimate of drug-likeness (QED) is 0.374. The number of aryl methyl sites for hydroxylation is 2. The minimum absolute atomic E-state index is 0.108. The summed E-state index contributed by atoms with van der Waals surface area (Å²) in [5.41, 5.74) is 4.31. The predicted octanol–water partition coefficient (Wildman–Crippen LogP) is 5.41. The van der Waals surface area contributed by atoms with Gasteiger partial charge in [-0.3, -0.25) is 9.78 Å². The van der Waals surface area contributed by atoms with Crippen molar-refractivity contribution in [2.24, 2.45) is 11.8 Å². The van der Waals surface area contributed by atoms with E-state index in [-0.39, 0.29) is 12.3 Å². The third-order valence-electron chi connectivity index (χ3n) is 7.63. The molecule has 6 heteroatoms. The molecule has 1 aliphatic heterocycles. The highest BCUT2D eigenvalue weighted by molar-refractivity contribution is 5.83. The minimum Gasteiger partial charge on any atom is -0.497 e. The summed E-state index contributed by atoms with van der Waals surface area (Å²) in [5, 5.41) is 21.5. The summed E-state index contributed by atoms with van der Waals surface area (Å²) in [6.07, 6.45) is 5.79. The lowest BCUT2D eigenvalue weighted by Gasteiger charge is -2.38. The molecule has 3 atom stereocenters. The molecular weight excluding hydrogens is 452 g/mol. The molecule has 0 saturated carbocycles. The molecule has 2 heterocycles. The number of fused-ring (bicyclic) bond motifs is 1. The number of carbonyl (C=O) groups is 1. The second-order valence-corrected chi connectivity index (χ2v) is 10.2. The number of benzene rings is 2. The molecule has 0 bridgehead atoms. The number of hydrogen-bond donors (Lipinski definition) is 2. The van der Waals surface area contributed by atoms with Crippen molar-refractivity contribution in [1.82, 2.24) is 9.88 Å². The lowest BCUT2D eigenvalue weighted by molar-refractivity contribution is -0.139. The monoisotopic (exact) mass is 490 g/mol. The highest BCUT2D eigenvalue weighted by Crippen LogP contribution is 2.34. The molecule has 2 aromatic carbocycles. The number of pyridine rings is 1. The second-order valence-electron chi connectivity index (χ2n) is 10.2. The number of aliphatic hydroxyl groups is 1. The Morgan fingerprint density at radius 3 is 2.72 bits per heavy atom. The van der Waals surface area contributed by atoms with Gasteiger partial charge in [-0.1, -0.05) is 29.8 Å². The van der Waals surface area contributed by atoms with Crippen LogP contribution in [0.25, 0.3) is 10.9 Å². The van der Waals surface area contributed by atoms with Crippen LogP contribution in [0.5, 0.6) is 5.75 Å². The fourth-order valence-electron chi connectivity index (χ4n) is 5.55. The number of rotatable bonds is 11. The predicted molar refractivity (Wildman–Crippen MR) is 142 cm³/mol. The van der Waals surface area contributed by atoms with E-state index in [1.54, 1.807) is 13.3 Å². The van der Waals surface area contributed by atoms with Gasteiger partial charge in [-0.25, -0.2) is 0 Å². The molecule has 1 aliphatic rings. The van der Waals surface area contributed by atoms with Crippen molar-refractivity contribution >= 4 is 16.9 Å². The van der Waals surface area contributed by atoms with E-state index in [1.165, 1.54) is 11.1 Å². The summed E-state index contributed by atoms with van der Waals surface area (Å²) in [5.74, 6) is 0.406. The Balaban J connectivity index is 1.34.